The topological polar surface area (TPSA) is 42.4 Å². The van der Waals surface area contributed by atoms with Crippen LogP contribution in [0.2, 0.25) is 0 Å². The normalized spacial score (nSPS) is 12.2. The second-order valence-electron chi connectivity index (χ2n) is 4.55. The molecule has 0 bridgehead atoms. The summed E-state index contributed by atoms with van der Waals surface area (Å²) in [4.78, 5) is 4.38. The Hall–Kier alpha value is -1.87. The summed E-state index contributed by atoms with van der Waals surface area (Å²) in [5.41, 5.74) is 2.82. The molecular weight excluding hydrogens is 238 g/mol. The maximum atomic E-state index is 9.71. The van der Waals surface area contributed by atoms with E-state index in [4.69, 9.17) is 4.74 Å². The van der Waals surface area contributed by atoms with E-state index in [-0.39, 0.29) is 0 Å². The molecule has 100 valence electrons. The van der Waals surface area contributed by atoms with Gasteiger partial charge in [-0.1, -0.05) is 25.1 Å². The molecule has 1 N–H and O–H groups in total. The van der Waals surface area contributed by atoms with Gasteiger partial charge in [-0.05, 0) is 43.2 Å². The highest BCUT2D eigenvalue weighted by Crippen LogP contribution is 2.20. The van der Waals surface area contributed by atoms with Gasteiger partial charge in [0.15, 0.2) is 0 Å². The summed E-state index contributed by atoms with van der Waals surface area (Å²) >= 11 is 0. The average molecular weight is 257 g/mol. The van der Waals surface area contributed by atoms with Gasteiger partial charge in [0.25, 0.3) is 0 Å². The lowest BCUT2D eigenvalue weighted by molar-refractivity contribution is 0.173. The zero-order valence-corrected chi connectivity index (χ0v) is 11.3. The summed E-state index contributed by atoms with van der Waals surface area (Å²) < 4.78 is 5.67. The lowest BCUT2D eigenvalue weighted by atomic mass is 10.1. The SMILES string of the molecule is CC[C@@H](O)c1ccc(OCc2cccc(C)n2)cc1. The second kappa shape index (κ2) is 6.34. The van der Waals surface area contributed by atoms with Crippen LogP contribution >= 0.6 is 0 Å². The summed E-state index contributed by atoms with van der Waals surface area (Å²) in [6.45, 7) is 4.38. The number of rotatable bonds is 5. The van der Waals surface area contributed by atoms with Crippen LogP contribution < -0.4 is 4.74 Å². The Morgan fingerprint density at radius 1 is 1.16 bits per heavy atom. The predicted molar refractivity (Wildman–Crippen MR) is 75.0 cm³/mol. The van der Waals surface area contributed by atoms with Crippen molar-refractivity contribution in [1.29, 1.82) is 0 Å². The Morgan fingerprint density at radius 3 is 2.53 bits per heavy atom. The molecule has 0 spiro atoms. The fourth-order valence-corrected chi connectivity index (χ4v) is 1.86. The van der Waals surface area contributed by atoms with Crippen LogP contribution in [0.3, 0.4) is 0 Å². The van der Waals surface area contributed by atoms with Gasteiger partial charge in [-0.3, -0.25) is 4.98 Å². The van der Waals surface area contributed by atoms with Crippen LogP contribution in [-0.4, -0.2) is 10.1 Å². The molecule has 0 unspecified atom stereocenters. The first-order valence-corrected chi connectivity index (χ1v) is 6.52. The molecule has 1 heterocycles. The first-order chi connectivity index (χ1) is 9.19. The molecule has 0 aliphatic heterocycles. The molecular formula is C16H19NO2. The van der Waals surface area contributed by atoms with Crippen molar-refractivity contribution >= 4 is 0 Å². The van der Waals surface area contributed by atoms with E-state index < -0.39 is 6.10 Å². The fourth-order valence-electron chi connectivity index (χ4n) is 1.86. The first kappa shape index (κ1) is 13.6. The number of aryl methyl sites for hydroxylation is 1. The predicted octanol–water partition coefficient (Wildman–Crippen LogP) is 3.41. The van der Waals surface area contributed by atoms with Crippen molar-refractivity contribution in [2.75, 3.05) is 0 Å². The first-order valence-electron chi connectivity index (χ1n) is 6.52. The molecule has 0 aliphatic carbocycles. The van der Waals surface area contributed by atoms with Crippen LogP contribution in [0.25, 0.3) is 0 Å². The van der Waals surface area contributed by atoms with Crippen LogP contribution in [0.5, 0.6) is 5.75 Å². The van der Waals surface area contributed by atoms with E-state index in [1.165, 1.54) is 0 Å². The van der Waals surface area contributed by atoms with Crippen molar-refractivity contribution in [2.24, 2.45) is 0 Å². The van der Waals surface area contributed by atoms with Gasteiger partial charge in [0.2, 0.25) is 0 Å². The number of hydrogen-bond donors (Lipinski definition) is 1. The average Bonchev–Trinajstić information content (AvgIpc) is 2.45. The Balaban J connectivity index is 1.96. The highest BCUT2D eigenvalue weighted by molar-refractivity contribution is 5.28. The van der Waals surface area contributed by atoms with E-state index in [0.29, 0.717) is 13.0 Å². The Morgan fingerprint density at radius 2 is 1.89 bits per heavy atom. The van der Waals surface area contributed by atoms with Gasteiger partial charge in [-0.2, -0.15) is 0 Å². The van der Waals surface area contributed by atoms with Gasteiger partial charge in [0, 0.05) is 5.69 Å². The van der Waals surface area contributed by atoms with Gasteiger partial charge in [-0.25, -0.2) is 0 Å². The van der Waals surface area contributed by atoms with Crippen LogP contribution in [0.15, 0.2) is 42.5 Å². The van der Waals surface area contributed by atoms with Gasteiger partial charge >= 0.3 is 0 Å². The molecule has 19 heavy (non-hydrogen) atoms. The maximum Gasteiger partial charge on any atom is 0.130 e. The number of pyridine rings is 1. The Kier molecular flexibility index (Phi) is 4.53. The standard InChI is InChI=1S/C16H19NO2/c1-3-16(18)13-7-9-15(10-8-13)19-11-14-6-4-5-12(2)17-14/h4-10,16,18H,3,11H2,1-2H3/t16-/m1/s1. The Bertz CT molecular complexity index is 523. The number of hydrogen-bond acceptors (Lipinski definition) is 3. The molecule has 0 aliphatic rings. The molecule has 1 aromatic heterocycles. The molecule has 2 aromatic rings. The van der Waals surface area contributed by atoms with Crippen molar-refractivity contribution in [1.82, 2.24) is 4.98 Å². The number of aromatic nitrogens is 1. The maximum absolute atomic E-state index is 9.71. The van der Waals surface area contributed by atoms with Gasteiger partial charge in [-0.15, -0.1) is 0 Å². The molecule has 0 saturated heterocycles. The van der Waals surface area contributed by atoms with Gasteiger partial charge in [0.1, 0.15) is 12.4 Å². The van der Waals surface area contributed by atoms with Crippen molar-refractivity contribution < 1.29 is 9.84 Å². The van der Waals surface area contributed by atoms with Crippen molar-refractivity contribution in [2.45, 2.75) is 33.0 Å². The largest absolute Gasteiger partial charge is 0.487 e. The second-order valence-corrected chi connectivity index (χ2v) is 4.55. The molecule has 1 atom stereocenters. The molecule has 3 nitrogen and oxygen atoms in total. The molecule has 1 aromatic carbocycles. The molecule has 0 amide bonds. The quantitative estimate of drug-likeness (QED) is 0.892. The van der Waals surface area contributed by atoms with Crippen molar-refractivity contribution in [3.63, 3.8) is 0 Å². The smallest absolute Gasteiger partial charge is 0.130 e. The summed E-state index contributed by atoms with van der Waals surface area (Å²) in [6.07, 6.45) is 0.320. The van der Waals surface area contributed by atoms with Crippen LogP contribution in [-0.2, 0) is 6.61 Å². The minimum absolute atomic E-state index is 0.396. The highest BCUT2D eigenvalue weighted by Gasteiger charge is 2.04. The minimum Gasteiger partial charge on any atom is -0.487 e. The summed E-state index contributed by atoms with van der Waals surface area (Å²) in [5, 5.41) is 9.71. The number of benzene rings is 1. The molecule has 3 heteroatoms. The van der Waals surface area contributed by atoms with Crippen molar-refractivity contribution in [3.8, 4) is 5.75 Å². The van der Waals surface area contributed by atoms with E-state index in [2.05, 4.69) is 4.98 Å². The van der Waals surface area contributed by atoms with Crippen LogP contribution in [0.1, 0.15) is 36.4 Å². The van der Waals surface area contributed by atoms with E-state index in [0.717, 1.165) is 22.7 Å². The van der Waals surface area contributed by atoms with Crippen LogP contribution in [0, 0.1) is 6.92 Å². The zero-order valence-electron chi connectivity index (χ0n) is 11.3. The molecule has 0 radical (unpaired) electrons. The monoisotopic (exact) mass is 257 g/mol. The lowest BCUT2D eigenvalue weighted by Crippen LogP contribution is -2.00. The van der Waals surface area contributed by atoms with E-state index in [1.807, 2.05) is 56.3 Å². The molecule has 0 fully saturated rings. The minimum atomic E-state index is -0.396. The number of ether oxygens (including phenoxy) is 1. The third kappa shape index (κ3) is 3.80. The Labute approximate surface area is 113 Å². The number of aliphatic hydroxyl groups is 1. The highest BCUT2D eigenvalue weighted by atomic mass is 16.5. The van der Waals surface area contributed by atoms with Crippen molar-refractivity contribution in [3.05, 3.63) is 59.4 Å². The number of nitrogens with zero attached hydrogens (tertiary/aromatic N) is 1. The van der Waals surface area contributed by atoms with E-state index in [9.17, 15) is 5.11 Å². The third-order valence-corrected chi connectivity index (χ3v) is 2.98. The summed E-state index contributed by atoms with van der Waals surface area (Å²) in [6, 6.07) is 13.4. The van der Waals surface area contributed by atoms with E-state index >= 15 is 0 Å². The third-order valence-electron chi connectivity index (χ3n) is 2.98. The fraction of sp³-hybridized carbons (Fsp3) is 0.312. The summed E-state index contributed by atoms with van der Waals surface area (Å²) in [7, 11) is 0. The number of aliphatic hydroxyl groups excluding tert-OH is 1. The van der Waals surface area contributed by atoms with Gasteiger partial charge in [0.05, 0.1) is 11.8 Å². The molecule has 0 saturated carbocycles. The zero-order chi connectivity index (χ0) is 13.7. The molecule has 2 rings (SSSR count). The lowest BCUT2D eigenvalue weighted by Gasteiger charge is -2.10. The summed E-state index contributed by atoms with van der Waals surface area (Å²) in [5.74, 6) is 0.787. The van der Waals surface area contributed by atoms with Crippen LogP contribution in [0.4, 0.5) is 0 Å². The van der Waals surface area contributed by atoms with Gasteiger partial charge < -0.3 is 9.84 Å². The van der Waals surface area contributed by atoms with E-state index in [1.54, 1.807) is 0 Å².